The lowest BCUT2D eigenvalue weighted by molar-refractivity contribution is 1.07. The highest BCUT2D eigenvalue weighted by molar-refractivity contribution is 5.91. The molecule has 0 aromatic heterocycles. The van der Waals surface area contributed by atoms with Gasteiger partial charge in [-0.25, -0.2) is 0 Å². The van der Waals surface area contributed by atoms with Gasteiger partial charge < -0.3 is 5.73 Å². The SMILES string of the molecule is NCc1ccc(C=C(c2ccccc2)c2ccccc2)cc1. The molecule has 0 aliphatic carbocycles. The summed E-state index contributed by atoms with van der Waals surface area (Å²) in [6.45, 7) is 0.578. The number of rotatable bonds is 4. The molecule has 3 aromatic rings. The molecule has 2 N–H and O–H groups in total. The van der Waals surface area contributed by atoms with Gasteiger partial charge in [0.1, 0.15) is 0 Å². The van der Waals surface area contributed by atoms with E-state index in [0.29, 0.717) is 6.54 Å². The first-order valence-electron chi connectivity index (χ1n) is 7.48. The summed E-state index contributed by atoms with van der Waals surface area (Å²) in [4.78, 5) is 0. The lowest BCUT2D eigenvalue weighted by atomic mass is 9.95. The molecular weight excluding hydrogens is 266 g/mol. The third kappa shape index (κ3) is 3.33. The average Bonchev–Trinajstić information content (AvgIpc) is 2.62. The second-order valence-corrected chi connectivity index (χ2v) is 5.24. The first-order chi connectivity index (χ1) is 10.9. The summed E-state index contributed by atoms with van der Waals surface area (Å²) in [5, 5.41) is 0. The normalized spacial score (nSPS) is 10.2. The van der Waals surface area contributed by atoms with E-state index in [0.717, 1.165) is 5.56 Å². The van der Waals surface area contributed by atoms with Crippen molar-refractivity contribution < 1.29 is 0 Å². The van der Waals surface area contributed by atoms with Crippen LogP contribution in [-0.2, 0) is 6.54 Å². The maximum Gasteiger partial charge on any atom is 0.0178 e. The fourth-order valence-electron chi connectivity index (χ4n) is 2.49. The molecular formula is C21H19N. The zero-order chi connectivity index (χ0) is 15.2. The summed E-state index contributed by atoms with van der Waals surface area (Å²) >= 11 is 0. The Balaban J connectivity index is 2.06. The van der Waals surface area contributed by atoms with Crippen molar-refractivity contribution in [3.05, 3.63) is 107 Å². The summed E-state index contributed by atoms with van der Waals surface area (Å²) in [5.41, 5.74) is 11.7. The monoisotopic (exact) mass is 285 g/mol. The van der Waals surface area contributed by atoms with Crippen molar-refractivity contribution in [2.75, 3.05) is 0 Å². The minimum atomic E-state index is 0.578. The van der Waals surface area contributed by atoms with Crippen LogP contribution in [0.1, 0.15) is 22.3 Å². The highest BCUT2D eigenvalue weighted by Crippen LogP contribution is 2.25. The van der Waals surface area contributed by atoms with Crippen molar-refractivity contribution in [1.82, 2.24) is 0 Å². The Morgan fingerprint density at radius 2 is 1.18 bits per heavy atom. The quantitative estimate of drug-likeness (QED) is 0.689. The molecule has 3 rings (SSSR count). The topological polar surface area (TPSA) is 26.0 Å². The molecule has 3 aromatic carbocycles. The minimum absolute atomic E-state index is 0.578. The molecule has 1 nitrogen and oxygen atoms in total. The van der Waals surface area contributed by atoms with Crippen molar-refractivity contribution in [2.24, 2.45) is 5.73 Å². The van der Waals surface area contributed by atoms with Crippen LogP contribution in [0.5, 0.6) is 0 Å². The van der Waals surface area contributed by atoms with Crippen LogP contribution >= 0.6 is 0 Å². The van der Waals surface area contributed by atoms with Crippen LogP contribution in [0.2, 0.25) is 0 Å². The zero-order valence-electron chi connectivity index (χ0n) is 12.4. The summed E-state index contributed by atoms with van der Waals surface area (Å²) < 4.78 is 0. The van der Waals surface area contributed by atoms with E-state index in [-0.39, 0.29) is 0 Å². The van der Waals surface area contributed by atoms with Gasteiger partial charge in [-0.2, -0.15) is 0 Å². The van der Waals surface area contributed by atoms with Crippen LogP contribution in [0, 0.1) is 0 Å². The smallest absolute Gasteiger partial charge is 0.0178 e. The van der Waals surface area contributed by atoms with E-state index >= 15 is 0 Å². The first-order valence-corrected chi connectivity index (χ1v) is 7.48. The third-order valence-corrected chi connectivity index (χ3v) is 3.70. The molecule has 0 aliphatic rings. The van der Waals surface area contributed by atoms with Gasteiger partial charge in [-0.15, -0.1) is 0 Å². The highest BCUT2D eigenvalue weighted by atomic mass is 14.5. The van der Waals surface area contributed by atoms with Crippen LogP contribution in [-0.4, -0.2) is 0 Å². The molecule has 0 fully saturated rings. The van der Waals surface area contributed by atoms with E-state index in [4.69, 9.17) is 5.73 Å². The lowest BCUT2D eigenvalue weighted by Gasteiger charge is -2.09. The van der Waals surface area contributed by atoms with Gasteiger partial charge in [-0.1, -0.05) is 84.9 Å². The van der Waals surface area contributed by atoms with Gasteiger partial charge >= 0.3 is 0 Å². The van der Waals surface area contributed by atoms with Crippen LogP contribution < -0.4 is 5.73 Å². The zero-order valence-corrected chi connectivity index (χ0v) is 12.4. The highest BCUT2D eigenvalue weighted by Gasteiger charge is 2.04. The Labute approximate surface area is 131 Å². The van der Waals surface area contributed by atoms with Crippen molar-refractivity contribution in [3.63, 3.8) is 0 Å². The maximum atomic E-state index is 5.67. The molecule has 22 heavy (non-hydrogen) atoms. The predicted molar refractivity (Wildman–Crippen MR) is 94.2 cm³/mol. The third-order valence-electron chi connectivity index (χ3n) is 3.70. The Morgan fingerprint density at radius 3 is 1.64 bits per heavy atom. The molecule has 0 saturated carbocycles. The maximum absolute atomic E-state index is 5.67. The fourth-order valence-corrected chi connectivity index (χ4v) is 2.49. The van der Waals surface area contributed by atoms with E-state index in [1.54, 1.807) is 0 Å². The van der Waals surface area contributed by atoms with Gasteiger partial charge in [-0.3, -0.25) is 0 Å². The van der Waals surface area contributed by atoms with Crippen LogP contribution in [0.3, 0.4) is 0 Å². The molecule has 0 aliphatic heterocycles. The van der Waals surface area contributed by atoms with E-state index in [9.17, 15) is 0 Å². The molecule has 0 saturated heterocycles. The second-order valence-electron chi connectivity index (χ2n) is 5.24. The number of nitrogens with two attached hydrogens (primary N) is 1. The van der Waals surface area contributed by atoms with E-state index in [1.165, 1.54) is 22.3 Å². The van der Waals surface area contributed by atoms with Crippen molar-refractivity contribution in [2.45, 2.75) is 6.54 Å². The van der Waals surface area contributed by atoms with E-state index < -0.39 is 0 Å². The molecule has 0 bridgehead atoms. The van der Waals surface area contributed by atoms with E-state index in [2.05, 4.69) is 78.9 Å². The molecule has 0 heterocycles. The Hall–Kier alpha value is -2.64. The molecule has 108 valence electrons. The number of hydrogen-bond acceptors (Lipinski definition) is 1. The largest absolute Gasteiger partial charge is 0.326 e. The fraction of sp³-hybridized carbons (Fsp3) is 0.0476. The molecule has 0 radical (unpaired) electrons. The van der Waals surface area contributed by atoms with Crippen LogP contribution in [0.15, 0.2) is 84.9 Å². The summed E-state index contributed by atoms with van der Waals surface area (Å²) in [6.07, 6.45) is 2.23. The summed E-state index contributed by atoms with van der Waals surface area (Å²) in [6, 6.07) is 29.4. The average molecular weight is 285 g/mol. The Morgan fingerprint density at radius 1 is 0.682 bits per heavy atom. The standard InChI is InChI=1S/C21H19N/c22-16-18-13-11-17(12-14-18)15-21(19-7-3-1-4-8-19)20-9-5-2-6-10-20/h1-15H,16,22H2. The van der Waals surface area contributed by atoms with Gasteiger partial charge in [0.25, 0.3) is 0 Å². The predicted octanol–water partition coefficient (Wildman–Crippen LogP) is 4.73. The molecule has 0 spiro atoms. The molecule has 0 amide bonds. The van der Waals surface area contributed by atoms with Gasteiger partial charge in [0.15, 0.2) is 0 Å². The lowest BCUT2D eigenvalue weighted by Crippen LogP contribution is -1.95. The Kier molecular flexibility index (Phi) is 4.47. The van der Waals surface area contributed by atoms with Crippen molar-refractivity contribution in [3.8, 4) is 0 Å². The summed E-state index contributed by atoms with van der Waals surface area (Å²) in [7, 11) is 0. The van der Waals surface area contributed by atoms with Gasteiger partial charge in [0.05, 0.1) is 0 Å². The minimum Gasteiger partial charge on any atom is -0.326 e. The molecule has 0 atom stereocenters. The second kappa shape index (κ2) is 6.88. The molecule has 1 heteroatoms. The Bertz CT molecular complexity index is 699. The molecule has 0 unspecified atom stereocenters. The number of hydrogen-bond donors (Lipinski definition) is 1. The number of benzene rings is 3. The van der Waals surface area contributed by atoms with Gasteiger partial charge in [-0.05, 0) is 33.9 Å². The van der Waals surface area contributed by atoms with Gasteiger partial charge in [0.2, 0.25) is 0 Å². The van der Waals surface area contributed by atoms with Gasteiger partial charge in [0, 0.05) is 6.54 Å². The van der Waals surface area contributed by atoms with Crippen LogP contribution in [0.25, 0.3) is 11.6 Å². The van der Waals surface area contributed by atoms with Crippen LogP contribution in [0.4, 0.5) is 0 Å². The van der Waals surface area contributed by atoms with E-state index in [1.807, 2.05) is 12.1 Å². The summed E-state index contributed by atoms with van der Waals surface area (Å²) in [5.74, 6) is 0. The first kappa shape index (κ1) is 14.3. The van der Waals surface area contributed by atoms with Crippen molar-refractivity contribution >= 4 is 11.6 Å². The van der Waals surface area contributed by atoms with Crippen molar-refractivity contribution in [1.29, 1.82) is 0 Å².